The van der Waals surface area contributed by atoms with Crippen molar-refractivity contribution in [3.63, 3.8) is 0 Å². The standard InChI is InChI=1S/C14H40N2O4Si4/c1-17-23(8,9)20-24(18-21(2,3)4,19-22(5,6)7)14-10-12-16-13-11-15/h16H,10-15H2,1-9H3. The molecular formula is C14H40N2O4Si4. The van der Waals surface area contributed by atoms with Crippen LogP contribution in [0.15, 0.2) is 0 Å². The number of hydrogen-bond donors (Lipinski definition) is 2. The second-order valence-electron chi connectivity index (χ2n) is 8.46. The van der Waals surface area contributed by atoms with Crippen LogP contribution in [0.5, 0.6) is 0 Å². The van der Waals surface area contributed by atoms with E-state index in [2.05, 4.69) is 57.7 Å². The van der Waals surface area contributed by atoms with Crippen LogP contribution in [0.3, 0.4) is 0 Å². The van der Waals surface area contributed by atoms with Gasteiger partial charge in [-0.2, -0.15) is 0 Å². The van der Waals surface area contributed by atoms with E-state index in [9.17, 15) is 0 Å². The van der Waals surface area contributed by atoms with Crippen LogP contribution in [-0.2, 0) is 16.8 Å². The minimum Gasteiger partial charge on any atom is -0.417 e. The van der Waals surface area contributed by atoms with E-state index in [0.29, 0.717) is 6.54 Å². The van der Waals surface area contributed by atoms with E-state index >= 15 is 0 Å². The highest BCUT2D eigenvalue weighted by Crippen LogP contribution is 2.29. The topological polar surface area (TPSA) is 75.0 Å². The van der Waals surface area contributed by atoms with Gasteiger partial charge >= 0.3 is 17.4 Å². The van der Waals surface area contributed by atoms with Crippen molar-refractivity contribution in [3.8, 4) is 0 Å². The highest BCUT2D eigenvalue weighted by Gasteiger charge is 2.51. The van der Waals surface area contributed by atoms with Crippen LogP contribution in [0.4, 0.5) is 0 Å². The lowest BCUT2D eigenvalue weighted by Crippen LogP contribution is -2.61. The summed E-state index contributed by atoms with van der Waals surface area (Å²) in [6.45, 7) is 19.7. The molecular weight excluding hydrogens is 373 g/mol. The molecule has 10 heteroatoms. The molecule has 24 heavy (non-hydrogen) atoms. The molecule has 0 aliphatic heterocycles. The van der Waals surface area contributed by atoms with Gasteiger partial charge in [-0.3, -0.25) is 0 Å². The SMILES string of the molecule is CO[Si](C)(C)O[Si](CCCNCCN)(O[Si](C)(C)C)O[Si](C)(C)C. The molecule has 0 heterocycles. The molecule has 0 saturated heterocycles. The monoisotopic (exact) mass is 412 g/mol. The maximum atomic E-state index is 6.62. The van der Waals surface area contributed by atoms with Crippen molar-refractivity contribution < 1.29 is 16.8 Å². The van der Waals surface area contributed by atoms with Crippen molar-refractivity contribution in [2.75, 3.05) is 26.7 Å². The zero-order valence-electron chi connectivity index (χ0n) is 17.2. The van der Waals surface area contributed by atoms with E-state index in [-0.39, 0.29) is 0 Å². The second-order valence-corrected chi connectivity index (χ2v) is 24.4. The van der Waals surface area contributed by atoms with Crippen LogP contribution in [0.25, 0.3) is 0 Å². The average molecular weight is 413 g/mol. The third-order valence-electron chi connectivity index (χ3n) is 2.97. The molecule has 0 aromatic heterocycles. The summed E-state index contributed by atoms with van der Waals surface area (Å²) in [5.74, 6) is 0. The summed E-state index contributed by atoms with van der Waals surface area (Å²) in [6.07, 6.45) is 0.954. The van der Waals surface area contributed by atoms with E-state index in [0.717, 1.165) is 25.6 Å². The maximum absolute atomic E-state index is 6.62. The fourth-order valence-corrected chi connectivity index (χ4v) is 16.5. The Balaban J connectivity index is 5.33. The first-order valence-corrected chi connectivity index (χ1v) is 20.4. The first-order valence-electron chi connectivity index (χ1n) is 8.81. The van der Waals surface area contributed by atoms with Crippen LogP contribution in [0.1, 0.15) is 6.42 Å². The van der Waals surface area contributed by atoms with Crippen LogP contribution in [0, 0.1) is 0 Å². The third-order valence-corrected chi connectivity index (χ3v) is 15.5. The minimum absolute atomic E-state index is 0.652. The van der Waals surface area contributed by atoms with E-state index in [4.69, 9.17) is 22.5 Å². The van der Waals surface area contributed by atoms with Crippen molar-refractivity contribution in [1.82, 2.24) is 5.32 Å². The molecule has 0 atom stereocenters. The molecule has 0 unspecified atom stereocenters. The van der Waals surface area contributed by atoms with Gasteiger partial charge in [0, 0.05) is 26.2 Å². The van der Waals surface area contributed by atoms with Gasteiger partial charge in [0.05, 0.1) is 0 Å². The molecule has 0 saturated carbocycles. The van der Waals surface area contributed by atoms with Crippen LogP contribution < -0.4 is 11.1 Å². The smallest absolute Gasteiger partial charge is 0.417 e. The highest BCUT2D eigenvalue weighted by molar-refractivity contribution is 6.89. The molecule has 0 aliphatic carbocycles. The van der Waals surface area contributed by atoms with Gasteiger partial charge in [0.2, 0.25) is 0 Å². The quantitative estimate of drug-likeness (QED) is 0.358. The van der Waals surface area contributed by atoms with E-state index < -0.39 is 34.0 Å². The van der Waals surface area contributed by atoms with Gasteiger partial charge in [-0.1, -0.05) is 0 Å². The van der Waals surface area contributed by atoms with Crippen molar-refractivity contribution in [2.45, 2.75) is 64.8 Å². The lowest BCUT2D eigenvalue weighted by atomic mass is 10.5. The first-order chi connectivity index (χ1) is 10.7. The molecule has 0 radical (unpaired) electrons. The molecule has 146 valence electrons. The Morgan fingerprint density at radius 1 is 0.792 bits per heavy atom. The average Bonchev–Trinajstić information content (AvgIpc) is 2.33. The van der Waals surface area contributed by atoms with Gasteiger partial charge in [0.1, 0.15) is 0 Å². The summed E-state index contributed by atoms with van der Waals surface area (Å²) in [7, 11) is -6.99. The molecule has 0 aliphatic rings. The Morgan fingerprint density at radius 3 is 1.67 bits per heavy atom. The summed E-state index contributed by atoms with van der Waals surface area (Å²) in [6, 6.07) is 0.818. The minimum atomic E-state index is -2.79. The summed E-state index contributed by atoms with van der Waals surface area (Å²) in [5.41, 5.74) is 5.54. The van der Waals surface area contributed by atoms with Gasteiger partial charge in [-0.15, -0.1) is 0 Å². The molecule has 0 aromatic carbocycles. The Morgan fingerprint density at radius 2 is 1.29 bits per heavy atom. The summed E-state index contributed by atoms with van der Waals surface area (Å²) < 4.78 is 25.5. The molecule has 3 N–H and O–H groups in total. The predicted molar refractivity (Wildman–Crippen MR) is 112 cm³/mol. The highest BCUT2D eigenvalue weighted by atomic mass is 28.5. The lowest BCUT2D eigenvalue weighted by Gasteiger charge is -2.42. The Hall–Kier alpha value is 0.628. The number of hydrogen-bond acceptors (Lipinski definition) is 6. The van der Waals surface area contributed by atoms with Crippen molar-refractivity contribution in [2.24, 2.45) is 5.73 Å². The van der Waals surface area contributed by atoms with Gasteiger partial charge in [0.25, 0.3) is 0 Å². The first kappa shape index (κ1) is 24.6. The van der Waals surface area contributed by atoms with Crippen molar-refractivity contribution >= 4 is 34.0 Å². The molecule has 0 aromatic rings. The zero-order chi connectivity index (χ0) is 19.1. The fourth-order valence-electron chi connectivity index (χ4n) is 2.22. The molecule has 0 bridgehead atoms. The second kappa shape index (κ2) is 10.1. The van der Waals surface area contributed by atoms with E-state index in [1.165, 1.54) is 0 Å². The fraction of sp³-hybridized carbons (Fsp3) is 1.00. The molecule has 0 amide bonds. The van der Waals surface area contributed by atoms with Gasteiger partial charge < -0.3 is 27.8 Å². The van der Waals surface area contributed by atoms with Crippen molar-refractivity contribution in [3.05, 3.63) is 0 Å². The molecule has 0 rings (SSSR count). The van der Waals surface area contributed by atoms with Crippen LogP contribution >= 0.6 is 0 Å². The third kappa shape index (κ3) is 12.1. The number of rotatable bonds is 13. The molecule has 0 fully saturated rings. The molecule has 0 spiro atoms. The van der Waals surface area contributed by atoms with E-state index in [1.807, 2.05) is 0 Å². The van der Waals surface area contributed by atoms with E-state index in [1.54, 1.807) is 7.11 Å². The lowest BCUT2D eigenvalue weighted by molar-refractivity contribution is 0.207. The summed E-state index contributed by atoms with van der Waals surface area (Å²) >= 11 is 0. The molecule has 6 nitrogen and oxygen atoms in total. The van der Waals surface area contributed by atoms with Crippen molar-refractivity contribution in [1.29, 1.82) is 0 Å². The predicted octanol–water partition coefficient (Wildman–Crippen LogP) is 2.93. The Labute approximate surface area is 153 Å². The van der Waals surface area contributed by atoms with Gasteiger partial charge in [0.15, 0.2) is 16.6 Å². The number of nitrogens with two attached hydrogens (primary N) is 1. The largest absolute Gasteiger partial charge is 0.471 e. The van der Waals surface area contributed by atoms with Crippen LogP contribution in [0.2, 0.25) is 58.4 Å². The maximum Gasteiger partial charge on any atom is 0.471 e. The Kier molecular flexibility index (Phi) is 10.4. The van der Waals surface area contributed by atoms with Crippen LogP contribution in [-0.4, -0.2) is 60.7 Å². The number of nitrogens with one attached hydrogen (secondary N) is 1. The Bertz CT molecular complexity index is 344. The van der Waals surface area contributed by atoms with Gasteiger partial charge in [-0.05, 0) is 65.3 Å². The summed E-state index contributed by atoms with van der Waals surface area (Å²) in [4.78, 5) is 0. The zero-order valence-corrected chi connectivity index (χ0v) is 21.2. The normalized spacial score (nSPS) is 14.2. The summed E-state index contributed by atoms with van der Waals surface area (Å²) in [5, 5.41) is 3.34. The van der Waals surface area contributed by atoms with Gasteiger partial charge in [-0.25, -0.2) is 0 Å².